The molecule has 0 spiro atoms. The molecule has 0 heterocycles. The molecule has 184 valence electrons. The molecule has 0 nitrogen and oxygen atoms in total. The summed E-state index contributed by atoms with van der Waals surface area (Å²) in [6, 6.07) is 27.4. The van der Waals surface area contributed by atoms with E-state index in [9.17, 15) is 0 Å². The Balaban J connectivity index is 0.00000120. The van der Waals surface area contributed by atoms with Crippen molar-refractivity contribution < 1.29 is 51.0 Å². The second-order valence-electron chi connectivity index (χ2n) is 12.0. The van der Waals surface area contributed by atoms with Crippen molar-refractivity contribution in [2.24, 2.45) is 16.7 Å². The van der Waals surface area contributed by atoms with E-state index in [1.165, 1.54) is 39.0 Å². The van der Waals surface area contributed by atoms with Crippen LogP contribution < -0.4 is 24.8 Å². The second kappa shape index (κ2) is 10.1. The van der Waals surface area contributed by atoms with Crippen molar-refractivity contribution in [3.05, 3.63) is 118 Å². The molecule has 3 aliphatic carbocycles. The number of hydrogen-bond donors (Lipinski definition) is 0. The van der Waals surface area contributed by atoms with Gasteiger partial charge >= 0.3 is 26.2 Å². The summed E-state index contributed by atoms with van der Waals surface area (Å²) < 4.78 is 0. The number of allylic oxidation sites excluding steroid dienone is 4. The average molecular weight is 593 g/mol. The first-order chi connectivity index (χ1) is 15.7. The van der Waals surface area contributed by atoms with E-state index in [2.05, 4.69) is 120 Å². The zero-order valence-electron chi connectivity index (χ0n) is 21.8. The molecule has 1 fully saturated rings. The third-order valence-electron chi connectivity index (χ3n) is 8.51. The monoisotopic (exact) mass is 590 g/mol. The maximum atomic E-state index is 2.62. The Kier molecular flexibility index (Phi) is 8.15. The summed E-state index contributed by atoms with van der Waals surface area (Å²) in [5.74, 6) is 0.402. The molecule has 1 saturated carbocycles. The molecule has 6 rings (SSSR count). The SMILES string of the molecule is CC(C)(C)C1=CC2C(=C1)C(C)(C)CC2(c1ccccc1)c1cccc2c1Cc1ccccc1-2.[Cl-].[Cl-].[Zr+2]. The predicted octanol–water partition coefficient (Wildman–Crippen LogP) is 2.51. The van der Waals surface area contributed by atoms with Crippen LogP contribution in [0.25, 0.3) is 11.1 Å². The van der Waals surface area contributed by atoms with Gasteiger partial charge in [0, 0.05) is 11.3 Å². The number of rotatable bonds is 2. The number of fused-ring (bicyclic) bond motifs is 4. The third-order valence-corrected chi connectivity index (χ3v) is 8.51. The molecule has 0 aromatic heterocycles. The number of benzene rings is 3. The molecular weight excluding hydrogens is 558 g/mol. The predicted molar refractivity (Wildman–Crippen MR) is 139 cm³/mol. The van der Waals surface area contributed by atoms with Gasteiger partial charge in [-0.1, -0.05) is 125 Å². The molecular formula is C33H34Cl2Zr. The Morgan fingerprint density at radius 3 is 2.11 bits per heavy atom. The normalized spacial score (nSPS) is 22.6. The van der Waals surface area contributed by atoms with Crippen LogP contribution in [0.1, 0.15) is 63.3 Å². The molecule has 3 aromatic carbocycles. The summed E-state index contributed by atoms with van der Waals surface area (Å²) in [5.41, 5.74) is 12.2. The van der Waals surface area contributed by atoms with Crippen LogP contribution in [0.3, 0.4) is 0 Å². The van der Waals surface area contributed by atoms with Crippen molar-refractivity contribution in [2.75, 3.05) is 0 Å². The Bertz CT molecular complexity index is 1330. The maximum Gasteiger partial charge on any atom is 2.00 e. The molecule has 2 unspecified atom stereocenters. The Morgan fingerprint density at radius 1 is 0.778 bits per heavy atom. The minimum atomic E-state index is -0.0447. The van der Waals surface area contributed by atoms with Crippen LogP contribution in [0.15, 0.2) is 96.1 Å². The van der Waals surface area contributed by atoms with Crippen LogP contribution in [0.2, 0.25) is 0 Å². The first-order valence-electron chi connectivity index (χ1n) is 12.4. The molecule has 0 N–H and O–H groups in total. The molecule has 36 heavy (non-hydrogen) atoms. The van der Waals surface area contributed by atoms with Gasteiger partial charge in [-0.3, -0.25) is 0 Å². The molecule has 0 radical (unpaired) electrons. The van der Waals surface area contributed by atoms with E-state index in [1.807, 2.05) is 0 Å². The molecule has 0 amide bonds. The van der Waals surface area contributed by atoms with Gasteiger partial charge in [-0.2, -0.15) is 0 Å². The van der Waals surface area contributed by atoms with Crippen LogP contribution in [-0.2, 0) is 38.0 Å². The number of hydrogen-bond acceptors (Lipinski definition) is 0. The fourth-order valence-electron chi connectivity index (χ4n) is 6.99. The van der Waals surface area contributed by atoms with E-state index < -0.39 is 0 Å². The van der Waals surface area contributed by atoms with Crippen molar-refractivity contribution in [3.63, 3.8) is 0 Å². The molecule has 3 heteroatoms. The van der Waals surface area contributed by atoms with E-state index >= 15 is 0 Å². The minimum absolute atomic E-state index is 0. The quantitative estimate of drug-likeness (QED) is 0.336. The maximum absolute atomic E-state index is 2.62. The summed E-state index contributed by atoms with van der Waals surface area (Å²) in [5, 5.41) is 0. The fraction of sp³-hybridized carbons (Fsp3) is 0.333. The van der Waals surface area contributed by atoms with Gasteiger partial charge in [0.1, 0.15) is 0 Å². The summed E-state index contributed by atoms with van der Waals surface area (Å²) in [6.07, 6.45) is 7.35. The number of halogens is 2. The van der Waals surface area contributed by atoms with Crippen molar-refractivity contribution in [1.29, 1.82) is 0 Å². The van der Waals surface area contributed by atoms with Crippen LogP contribution >= 0.6 is 0 Å². The van der Waals surface area contributed by atoms with E-state index in [1.54, 1.807) is 5.57 Å². The van der Waals surface area contributed by atoms with Crippen LogP contribution in [0.5, 0.6) is 0 Å². The first kappa shape index (κ1) is 29.2. The summed E-state index contributed by atoms with van der Waals surface area (Å²) in [7, 11) is 0. The van der Waals surface area contributed by atoms with E-state index in [4.69, 9.17) is 0 Å². The van der Waals surface area contributed by atoms with Gasteiger partial charge in [-0.15, -0.1) is 0 Å². The first-order valence-corrected chi connectivity index (χ1v) is 12.4. The van der Waals surface area contributed by atoms with Crippen molar-refractivity contribution in [2.45, 2.75) is 52.9 Å². The van der Waals surface area contributed by atoms with Crippen molar-refractivity contribution in [1.82, 2.24) is 0 Å². The zero-order valence-corrected chi connectivity index (χ0v) is 25.8. The zero-order chi connectivity index (χ0) is 23.0. The molecule has 2 atom stereocenters. The van der Waals surface area contributed by atoms with Gasteiger partial charge in [0.05, 0.1) is 0 Å². The summed E-state index contributed by atoms with van der Waals surface area (Å²) in [6.45, 7) is 12.0. The Morgan fingerprint density at radius 2 is 1.42 bits per heavy atom. The molecule has 0 bridgehead atoms. The topological polar surface area (TPSA) is 0 Å². The molecule has 3 aromatic rings. The molecule has 0 aliphatic heterocycles. The molecule has 0 saturated heterocycles. The smallest absolute Gasteiger partial charge is 1.00 e. The van der Waals surface area contributed by atoms with Gasteiger partial charge in [0.25, 0.3) is 0 Å². The minimum Gasteiger partial charge on any atom is -1.00 e. The van der Waals surface area contributed by atoms with Gasteiger partial charge in [0.2, 0.25) is 0 Å². The summed E-state index contributed by atoms with van der Waals surface area (Å²) >= 11 is 0. The third kappa shape index (κ3) is 4.24. The molecule has 3 aliphatic rings. The van der Waals surface area contributed by atoms with Gasteiger partial charge in [0.15, 0.2) is 0 Å². The van der Waals surface area contributed by atoms with Gasteiger partial charge in [-0.25, -0.2) is 0 Å². The Labute approximate surface area is 248 Å². The van der Waals surface area contributed by atoms with E-state index in [0.29, 0.717) is 5.92 Å². The van der Waals surface area contributed by atoms with Crippen LogP contribution in [0.4, 0.5) is 0 Å². The van der Waals surface area contributed by atoms with Crippen molar-refractivity contribution >= 4 is 0 Å². The van der Waals surface area contributed by atoms with Gasteiger partial charge < -0.3 is 24.8 Å². The van der Waals surface area contributed by atoms with Crippen LogP contribution in [-0.4, -0.2) is 0 Å². The average Bonchev–Trinajstić information content (AvgIpc) is 3.46. The summed E-state index contributed by atoms with van der Waals surface area (Å²) in [4.78, 5) is 0. The van der Waals surface area contributed by atoms with Crippen molar-refractivity contribution in [3.8, 4) is 11.1 Å². The van der Waals surface area contributed by atoms with Gasteiger partial charge in [-0.05, 0) is 62.6 Å². The fourth-order valence-corrected chi connectivity index (χ4v) is 6.99. The Hall–Kier alpha value is -1.40. The van der Waals surface area contributed by atoms with Crippen LogP contribution in [0, 0.1) is 16.7 Å². The van der Waals surface area contributed by atoms with E-state index in [-0.39, 0.29) is 67.3 Å². The standard InChI is InChI=1S/C33H34.2ClH.Zr/c1-31(2,3)24-19-29-30(20-24)33(21-32(29,4)5,23-13-7-6-8-14-23)28-17-11-16-26-25-15-10-9-12-22(25)18-27(26)28;;;/h6-17,19-20,30H,18,21H2,1-5H3;2*1H;/q;;;+2/p-2. The second-order valence-corrected chi connectivity index (χ2v) is 12.0. The largest absolute Gasteiger partial charge is 2.00 e. The van der Waals surface area contributed by atoms with E-state index in [0.717, 1.165) is 12.8 Å².